The predicted octanol–water partition coefficient (Wildman–Crippen LogP) is 4.17. The maximum atomic E-state index is 14.0. The summed E-state index contributed by atoms with van der Waals surface area (Å²) >= 11 is 8.33. The first kappa shape index (κ1) is 27.1. The van der Waals surface area contributed by atoms with Crippen molar-refractivity contribution in [1.29, 1.82) is 0 Å². The van der Waals surface area contributed by atoms with Crippen LogP contribution in [0.2, 0.25) is 4.34 Å². The highest BCUT2D eigenvalue weighted by atomic mass is 35.5. The smallest absolute Gasteiger partial charge is 0.253 e. The summed E-state index contributed by atoms with van der Waals surface area (Å²) in [5.41, 5.74) is 0.603. The second-order valence-electron chi connectivity index (χ2n) is 8.62. The van der Waals surface area contributed by atoms with Gasteiger partial charge in [-0.15, -0.1) is 11.3 Å². The van der Waals surface area contributed by atoms with Gasteiger partial charge in [-0.25, -0.2) is 13.4 Å². The number of rotatable bonds is 10. The van der Waals surface area contributed by atoms with Crippen LogP contribution in [0.15, 0.2) is 28.5 Å². The molecule has 1 aliphatic heterocycles. The van der Waals surface area contributed by atoms with Crippen molar-refractivity contribution in [2.24, 2.45) is 0 Å². The molecule has 0 aliphatic carbocycles. The van der Waals surface area contributed by atoms with Crippen molar-refractivity contribution in [1.82, 2.24) is 14.2 Å². The molecule has 4 rings (SSSR count). The summed E-state index contributed by atoms with van der Waals surface area (Å²) < 4.78 is 40.4. The van der Waals surface area contributed by atoms with Crippen LogP contribution in [0.4, 0.5) is 5.13 Å². The molecule has 1 fully saturated rings. The summed E-state index contributed by atoms with van der Waals surface area (Å²) in [5.74, 6) is 0.929. The van der Waals surface area contributed by atoms with Crippen LogP contribution in [0.25, 0.3) is 10.2 Å². The summed E-state index contributed by atoms with van der Waals surface area (Å²) in [6.07, 6.45) is 1.74. The topological polar surface area (TPSA) is 92.3 Å². The SMILES string of the molecule is COc1ccc(OC)c2sc(N(CCCN(C)C)C(=O)C3CCCN3S(=O)(=O)c3ccc(Cl)s3)nc12. The molecule has 1 atom stereocenters. The van der Waals surface area contributed by atoms with Gasteiger partial charge in [0.25, 0.3) is 10.0 Å². The molecule has 13 heteroatoms. The van der Waals surface area contributed by atoms with Crippen LogP contribution < -0.4 is 14.4 Å². The maximum absolute atomic E-state index is 14.0. The highest BCUT2D eigenvalue weighted by Crippen LogP contribution is 2.41. The molecular formula is C23H29ClN4O5S3. The summed E-state index contributed by atoms with van der Waals surface area (Å²) in [6.45, 7) is 1.44. The number of amides is 1. The van der Waals surface area contributed by atoms with E-state index in [0.29, 0.717) is 52.3 Å². The van der Waals surface area contributed by atoms with Gasteiger partial charge >= 0.3 is 0 Å². The van der Waals surface area contributed by atoms with E-state index in [1.54, 1.807) is 37.3 Å². The van der Waals surface area contributed by atoms with Crippen LogP contribution >= 0.6 is 34.3 Å². The Labute approximate surface area is 224 Å². The Kier molecular flexibility index (Phi) is 8.42. The predicted molar refractivity (Wildman–Crippen MR) is 144 cm³/mol. The molecule has 2 aromatic heterocycles. The van der Waals surface area contributed by atoms with Crippen LogP contribution in [0, 0.1) is 0 Å². The Morgan fingerprint density at radius 2 is 1.86 bits per heavy atom. The normalized spacial score (nSPS) is 16.7. The van der Waals surface area contributed by atoms with Gasteiger partial charge < -0.3 is 14.4 Å². The Bertz CT molecular complexity index is 1300. The number of anilines is 1. The quantitative estimate of drug-likeness (QED) is 0.360. The van der Waals surface area contributed by atoms with Crippen LogP contribution in [0.1, 0.15) is 19.3 Å². The fourth-order valence-corrected chi connectivity index (χ4v) is 8.61. The van der Waals surface area contributed by atoms with Crippen molar-refractivity contribution in [2.45, 2.75) is 29.5 Å². The minimum Gasteiger partial charge on any atom is -0.495 e. The first-order valence-corrected chi connectivity index (χ1v) is 14.9. The molecule has 1 amide bonds. The number of methoxy groups -OCH3 is 2. The molecule has 3 heterocycles. The Morgan fingerprint density at radius 3 is 2.50 bits per heavy atom. The molecular weight excluding hydrogens is 544 g/mol. The zero-order valence-corrected chi connectivity index (χ0v) is 23.8. The number of thiazole rings is 1. The number of nitrogens with zero attached hydrogens (tertiary/aromatic N) is 4. The number of fused-ring (bicyclic) bond motifs is 1. The highest BCUT2D eigenvalue weighted by Gasteiger charge is 2.42. The number of carbonyl (C=O) groups excluding carboxylic acids is 1. The van der Waals surface area contributed by atoms with E-state index in [0.717, 1.165) is 22.6 Å². The second kappa shape index (κ2) is 11.2. The molecule has 0 bridgehead atoms. The van der Waals surface area contributed by atoms with Gasteiger partial charge in [0.2, 0.25) is 5.91 Å². The van der Waals surface area contributed by atoms with Crippen LogP contribution in [0.3, 0.4) is 0 Å². The summed E-state index contributed by atoms with van der Waals surface area (Å²) in [7, 11) is 3.24. The van der Waals surface area contributed by atoms with Gasteiger partial charge in [-0.2, -0.15) is 4.31 Å². The lowest BCUT2D eigenvalue weighted by Crippen LogP contribution is -2.48. The van der Waals surface area contributed by atoms with Gasteiger partial charge in [-0.05, 0) is 64.2 Å². The average Bonchev–Trinajstić information content (AvgIpc) is 3.60. The van der Waals surface area contributed by atoms with Crippen molar-refractivity contribution >= 4 is 65.6 Å². The number of thiophene rings is 1. The molecule has 1 unspecified atom stereocenters. The van der Waals surface area contributed by atoms with Gasteiger partial charge in [-0.3, -0.25) is 9.69 Å². The van der Waals surface area contributed by atoms with E-state index in [1.807, 2.05) is 19.0 Å². The zero-order chi connectivity index (χ0) is 26.0. The van der Waals surface area contributed by atoms with Gasteiger partial charge in [-0.1, -0.05) is 22.9 Å². The molecule has 1 aromatic carbocycles. The minimum atomic E-state index is -3.85. The lowest BCUT2D eigenvalue weighted by molar-refractivity contribution is -0.121. The maximum Gasteiger partial charge on any atom is 0.253 e. The van der Waals surface area contributed by atoms with Crippen molar-refractivity contribution in [3.8, 4) is 11.5 Å². The van der Waals surface area contributed by atoms with Crippen molar-refractivity contribution in [3.63, 3.8) is 0 Å². The number of benzene rings is 1. The van der Waals surface area contributed by atoms with E-state index < -0.39 is 16.1 Å². The molecule has 3 aromatic rings. The lowest BCUT2D eigenvalue weighted by Gasteiger charge is -2.28. The van der Waals surface area contributed by atoms with Crippen LogP contribution in [-0.4, -0.2) is 82.5 Å². The fourth-order valence-electron chi connectivity index (χ4n) is 4.24. The molecule has 196 valence electrons. The summed E-state index contributed by atoms with van der Waals surface area (Å²) in [5, 5.41) is 0.486. The zero-order valence-electron chi connectivity index (χ0n) is 20.6. The van der Waals surface area contributed by atoms with E-state index in [9.17, 15) is 13.2 Å². The van der Waals surface area contributed by atoms with E-state index in [2.05, 4.69) is 0 Å². The fraction of sp³-hybridized carbons (Fsp3) is 0.478. The molecule has 1 aliphatic rings. The summed E-state index contributed by atoms with van der Waals surface area (Å²) in [4.78, 5) is 22.4. The third-order valence-corrected chi connectivity index (χ3v) is 10.7. The van der Waals surface area contributed by atoms with E-state index in [-0.39, 0.29) is 16.7 Å². The Hall–Kier alpha value is -1.96. The van der Waals surface area contributed by atoms with E-state index in [1.165, 1.54) is 21.7 Å². The van der Waals surface area contributed by atoms with Crippen molar-refractivity contribution < 1.29 is 22.7 Å². The monoisotopic (exact) mass is 572 g/mol. The van der Waals surface area contributed by atoms with E-state index in [4.69, 9.17) is 26.1 Å². The first-order valence-electron chi connectivity index (χ1n) is 11.4. The van der Waals surface area contributed by atoms with Gasteiger partial charge in [0, 0.05) is 13.1 Å². The number of aromatic nitrogens is 1. The van der Waals surface area contributed by atoms with Crippen molar-refractivity contribution in [3.05, 3.63) is 28.6 Å². The van der Waals surface area contributed by atoms with Crippen LogP contribution in [-0.2, 0) is 14.8 Å². The lowest BCUT2D eigenvalue weighted by atomic mass is 10.2. The Morgan fingerprint density at radius 1 is 1.14 bits per heavy atom. The third kappa shape index (κ3) is 5.34. The van der Waals surface area contributed by atoms with Gasteiger partial charge in [0.15, 0.2) is 5.13 Å². The number of hydrogen-bond acceptors (Lipinski definition) is 9. The number of halogens is 1. The number of sulfonamides is 1. The van der Waals surface area contributed by atoms with Gasteiger partial charge in [0.05, 0.1) is 18.6 Å². The average molecular weight is 573 g/mol. The molecule has 0 radical (unpaired) electrons. The largest absolute Gasteiger partial charge is 0.495 e. The second-order valence-corrected chi connectivity index (χ2v) is 13.4. The highest BCUT2D eigenvalue weighted by molar-refractivity contribution is 7.91. The number of carbonyl (C=O) groups is 1. The standard InChI is InChI=1S/C23H29ClN4O5S3/c1-26(2)12-6-13-27(23-25-20-16(32-3)8-9-17(33-4)21(20)35-23)22(29)15-7-5-14-28(15)36(30,31)19-11-10-18(24)34-19/h8-11,15H,5-7,12-14H2,1-4H3. The minimum absolute atomic E-state index is 0.140. The first-order chi connectivity index (χ1) is 17.2. The van der Waals surface area contributed by atoms with Crippen molar-refractivity contribution in [2.75, 3.05) is 52.8 Å². The molecule has 36 heavy (non-hydrogen) atoms. The summed E-state index contributed by atoms with van der Waals surface area (Å²) in [6, 6.07) is 5.81. The molecule has 0 saturated carbocycles. The van der Waals surface area contributed by atoms with Crippen LogP contribution in [0.5, 0.6) is 11.5 Å². The number of ether oxygens (including phenoxy) is 2. The molecule has 0 N–H and O–H groups in total. The Balaban J connectivity index is 1.72. The molecule has 0 spiro atoms. The van der Waals surface area contributed by atoms with Gasteiger partial charge in [0.1, 0.15) is 32.0 Å². The number of hydrogen-bond donors (Lipinski definition) is 0. The van der Waals surface area contributed by atoms with E-state index >= 15 is 0 Å². The third-order valence-electron chi connectivity index (χ3n) is 5.98. The molecule has 9 nitrogen and oxygen atoms in total. The molecule has 1 saturated heterocycles.